The molecular formula is C16H28N2O3. The van der Waals surface area contributed by atoms with Crippen LogP contribution < -0.4 is 5.32 Å². The Morgan fingerprint density at radius 2 is 1.90 bits per heavy atom. The summed E-state index contributed by atoms with van der Waals surface area (Å²) in [5, 5.41) is 3.09. The molecule has 0 atom stereocenters. The number of carbonyl (C=O) groups excluding carboxylic acids is 2. The quantitative estimate of drug-likeness (QED) is 0.422. The van der Waals surface area contributed by atoms with Crippen molar-refractivity contribution < 1.29 is 14.3 Å². The Morgan fingerprint density at radius 1 is 1.24 bits per heavy atom. The lowest BCUT2D eigenvalue weighted by Crippen LogP contribution is -2.43. The molecule has 0 aliphatic heterocycles. The molecule has 1 rings (SSSR count). The molecule has 0 aromatic heterocycles. The van der Waals surface area contributed by atoms with Crippen LogP contribution in [-0.4, -0.2) is 49.1 Å². The Hall–Kier alpha value is -1.36. The highest BCUT2D eigenvalue weighted by Gasteiger charge is 2.18. The van der Waals surface area contributed by atoms with E-state index in [2.05, 4.69) is 11.9 Å². The summed E-state index contributed by atoms with van der Waals surface area (Å²) in [6.07, 6.45) is 8.71. The highest BCUT2D eigenvalue weighted by molar-refractivity contribution is 5.79. The van der Waals surface area contributed by atoms with Crippen molar-refractivity contribution in [2.45, 2.75) is 51.5 Å². The summed E-state index contributed by atoms with van der Waals surface area (Å²) in [5.74, 6) is -0.324. The first-order valence-electron chi connectivity index (χ1n) is 7.94. The number of ether oxygens (including phenoxy) is 1. The third-order valence-electron chi connectivity index (χ3n) is 3.63. The van der Waals surface area contributed by atoms with Gasteiger partial charge in [0.15, 0.2) is 0 Å². The zero-order valence-electron chi connectivity index (χ0n) is 13.1. The van der Waals surface area contributed by atoms with Crippen LogP contribution in [0.5, 0.6) is 0 Å². The summed E-state index contributed by atoms with van der Waals surface area (Å²) >= 11 is 0. The Morgan fingerprint density at radius 3 is 2.48 bits per heavy atom. The Kier molecular flexibility index (Phi) is 8.74. The molecule has 5 nitrogen and oxygen atoms in total. The SMILES string of the molecule is C=CCN(CC(=O)NC1CCCCCC1)CC(=O)OCC. The highest BCUT2D eigenvalue weighted by Crippen LogP contribution is 2.17. The minimum absolute atomic E-state index is 0.0203. The van der Waals surface area contributed by atoms with Gasteiger partial charge in [-0.1, -0.05) is 31.8 Å². The second kappa shape index (κ2) is 10.4. The van der Waals surface area contributed by atoms with Crippen molar-refractivity contribution in [3.05, 3.63) is 12.7 Å². The van der Waals surface area contributed by atoms with Gasteiger partial charge in [0.2, 0.25) is 5.91 Å². The summed E-state index contributed by atoms with van der Waals surface area (Å²) in [6, 6.07) is 0.285. The molecule has 0 unspecified atom stereocenters. The van der Waals surface area contributed by atoms with Crippen LogP contribution in [-0.2, 0) is 14.3 Å². The van der Waals surface area contributed by atoms with Crippen LogP contribution in [0.3, 0.4) is 0 Å². The van der Waals surface area contributed by atoms with Gasteiger partial charge in [-0.2, -0.15) is 0 Å². The van der Waals surface area contributed by atoms with Crippen molar-refractivity contribution in [2.24, 2.45) is 0 Å². The van der Waals surface area contributed by atoms with Crippen molar-refractivity contribution in [3.63, 3.8) is 0 Å². The molecule has 0 heterocycles. The Labute approximate surface area is 127 Å². The third-order valence-corrected chi connectivity index (χ3v) is 3.63. The van der Waals surface area contributed by atoms with Crippen LogP contribution in [0.25, 0.3) is 0 Å². The predicted octanol–water partition coefficient (Wildman–Crippen LogP) is 1.88. The topological polar surface area (TPSA) is 58.6 Å². The molecule has 120 valence electrons. The van der Waals surface area contributed by atoms with Crippen molar-refractivity contribution in [1.29, 1.82) is 0 Å². The van der Waals surface area contributed by atoms with Gasteiger partial charge in [0.25, 0.3) is 0 Å². The smallest absolute Gasteiger partial charge is 0.320 e. The molecule has 0 aromatic carbocycles. The second-order valence-electron chi connectivity index (χ2n) is 5.52. The van der Waals surface area contributed by atoms with E-state index in [0.717, 1.165) is 12.8 Å². The van der Waals surface area contributed by atoms with Gasteiger partial charge in [-0.05, 0) is 19.8 Å². The van der Waals surface area contributed by atoms with Gasteiger partial charge in [0, 0.05) is 12.6 Å². The molecule has 21 heavy (non-hydrogen) atoms. The molecule has 0 bridgehead atoms. The van der Waals surface area contributed by atoms with E-state index in [1.807, 2.05) is 0 Å². The van der Waals surface area contributed by atoms with E-state index in [9.17, 15) is 9.59 Å². The fourth-order valence-corrected chi connectivity index (χ4v) is 2.66. The molecule has 0 saturated heterocycles. The van der Waals surface area contributed by atoms with E-state index in [-0.39, 0.29) is 31.0 Å². The minimum atomic E-state index is -0.304. The van der Waals surface area contributed by atoms with Gasteiger partial charge in [0.05, 0.1) is 19.7 Å². The highest BCUT2D eigenvalue weighted by atomic mass is 16.5. The van der Waals surface area contributed by atoms with E-state index >= 15 is 0 Å². The maximum atomic E-state index is 12.1. The number of esters is 1. The number of hydrogen-bond acceptors (Lipinski definition) is 4. The van der Waals surface area contributed by atoms with Crippen molar-refractivity contribution in [1.82, 2.24) is 10.2 Å². The van der Waals surface area contributed by atoms with E-state index in [4.69, 9.17) is 4.74 Å². The summed E-state index contributed by atoms with van der Waals surface area (Å²) in [6.45, 7) is 6.62. The molecule has 1 aliphatic rings. The summed E-state index contributed by atoms with van der Waals surface area (Å²) in [4.78, 5) is 25.4. The molecule has 1 amide bonds. The van der Waals surface area contributed by atoms with E-state index in [0.29, 0.717) is 13.2 Å². The van der Waals surface area contributed by atoms with E-state index in [1.54, 1.807) is 17.9 Å². The van der Waals surface area contributed by atoms with Crippen LogP contribution in [0.15, 0.2) is 12.7 Å². The number of carbonyl (C=O) groups is 2. The standard InChI is InChI=1S/C16H28N2O3/c1-3-11-18(13-16(20)21-4-2)12-15(19)17-14-9-7-5-6-8-10-14/h3,14H,1,4-13H2,2H3,(H,17,19). The fraction of sp³-hybridized carbons (Fsp3) is 0.750. The first-order chi connectivity index (χ1) is 10.2. The molecule has 0 aromatic rings. The van der Waals surface area contributed by atoms with Crippen LogP contribution >= 0.6 is 0 Å². The van der Waals surface area contributed by atoms with E-state index in [1.165, 1.54) is 25.7 Å². The molecule has 0 spiro atoms. The van der Waals surface area contributed by atoms with Crippen LogP contribution in [0.2, 0.25) is 0 Å². The van der Waals surface area contributed by atoms with E-state index < -0.39 is 0 Å². The lowest BCUT2D eigenvalue weighted by molar-refractivity contribution is -0.144. The molecular weight excluding hydrogens is 268 g/mol. The average Bonchev–Trinajstić information content (AvgIpc) is 2.67. The number of hydrogen-bond donors (Lipinski definition) is 1. The average molecular weight is 296 g/mol. The molecule has 0 radical (unpaired) electrons. The number of rotatable bonds is 8. The van der Waals surface area contributed by atoms with Gasteiger partial charge in [-0.3, -0.25) is 14.5 Å². The molecule has 1 aliphatic carbocycles. The Bertz CT molecular complexity index is 336. The van der Waals surface area contributed by atoms with Crippen molar-refractivity contribution in [2.75, 3.05) is 26.2 Å². The summed E-state index contributed by atoms with van der Waals surface area (Å²) < 4.78 is 4.92. The summed E-state index contributed by atoms with van der Waals surface area (Å²) in [7, 11) is 0. The van der Waals surface area contributed by atoms with Crippen LogP contribution in [0, 0.1) is 0 Å². The number of amides is 1. The zero-order chi connectivity index (χ0) is 15.5. The molecule has 1 N–H and O–H groups in total. The first-order valence-corrected chi connectivity index (χ1v) is 7.94. The Balaban J connectivity index is 2.39. The van der Waals surface area contributed by atoms with Gasteiger partial charge >= 0.3 is 5.97 Å². The number of nitrogens with zero attached hydrogens (tertiary/aromatic N) is 1. The lowest BCUT2D eigenvalue weighted by Gasteiger charge is -2.21. The monoisotopic (exact) mass is 296 g/mol. The van der Waals surface area contributed by atoms with Gasteiger partial charge in [-0.25, -0.2) is 0 Å². The molecule has 1 fully saturated rings. The largest absolute Gasteiger partial charge is 0.465 e. The fourth-order valence-electron chi connectivity index (χ4n) is 2.66. The zero-order valence-corrected chi connectivity index (χ0v) is 13.1. The molecule has 1 saturated carbocycles. The normalized spacial score (nSPS) is 16.3. The minimum Gasteiger partial charge on any atom is -0.465 e. The predicted molar refractivity (Wildman–Crippen MR) is 82.9 cm³/mol. The maximum Gasteiger partial charge on any atom is 0.320 e. The summed E-state index contributed by atoms with van der Waals surface area (Å²) in [5.41, 5.74) is 0. The lowest BCUT2D eigenvalue weighted by atomic mass is 10.1. The molecule has 5 heteroatoms. The van der Waals surface area contributed by atoms with Crippen LogP contribution in [0.4, 0.5) is 0 Å². The van der Waals surface area contributed by atoms with Gasteiger partial charge in [0.1, 0.15) is 0 Å². The van der Waals surface area contributed by atoms with Gasteiger partial charge < -0.3 is 10.1 Å². The second-order valence-corrected chi connectivity index (χ2v) is 5.52. The van der Waals surface area contributed by atoms with Crippen molar-refractivity contribution >= 4 is 11.9 Å². The van der Waals surface area contributed by atoms with Crippen molar-refractivity contribution in [3.8, 4) is 0 Å². The first kappa shape index (κ1) is 17.7. The van der Waals surface area contributed by atoms with Gasteiger partial charge in [-0.15, -0.1) is 6.58 Å². The third kappa shape index (κ3) is 7.85. The maximum absolute atomic E-state index is 12.1. The van der Waals surface area contributed by atoms with Crippen LogP contribution in [0.1, 0.15) is 45.4 Å². The number of nitrogens with one attached hydrogen (secondary N) is 1.